The topological polar surface area (TPSA) is 80.9 Å². The van der Waals surface area contributed by atoms with Gasteiger partial charge in [0.1, 0.15) is 11.6 Å². The Morgan fingerprint density at radius 1 is 1.28 bits per heavy atom. The third-order valence-electron chi connectivity index (χ3n) is 2.10. The molecule has 0 unspecified atom stereocenters. The maximum Gasteiger partial charge on any atom is 0.276 e. The van der Waals surface area contributed by atoms with Crippen molar-refractivity contribution in [2.24, 2.45) is 0 Å². The maximum atomic E-state index is 13.2. The zero-order valence-corrected chi connectivity index (χ0v) is 10.6. The van der Waals surface area contributed by atoms with Gasteiger partial charge in [-0.2, -0.15) is 0 Å². The lowest BCUT2D eigenvalue weighted by Gasteiger charge is -2.05. The number of aromatic nitrogens is 2. The van der Waals surface area contributed by atoms with E-state index < -0.39 is 11.7 Å². The van der Waals surface area contributed by atoms with Crippen LogP contribution in [0.5, 0.6) is 0 Å². The van der Waals surface area contributed by atoms with Crippen LogP contribution in [0, 0.1) is 5.82 Å². The van der Waals surface area contributed by atoms with Crippen LogP contribution in [0.25, 0.3) is 0 Å². The molecule has 0 atom stereocenters. The fourth-order valence-electron chi connectivity index (χ4n) is 1.23. The number of rotatable bonds is 2. The van der Waals surface area contributed by atoms with Gasteiger partial charge in [-0.3, -0.25) is 4.79 Å². The molecule has 0 fully saturated rings. The molecular weight excluding hydrogens is 303 g/mol. The van der Waals surface area contributed by atoms with Crippen molar-refractivity contribution in [3.05, 3.63) is 46.3 Å². The van der Waals surface area contributed by atoms with Gasteiger partial charge < -0.3 is 11.1 Å². The minimum atomic E-state index is -0.482. The second-order valence-corrected chi connectivity index (χ2v) is 4.28. The molecular formula is C11H8BrFN4O. The highest BCUT2D eigenvalue weighted by atomic mass is 79.9. The van der Waals surface area contributed by atoms with E-state index in [1.807, 2.05) is 0 Å². The van der Waals surface area contributed by atoms with Gasteiger partial charge in [-0.1, -0.05) is 0 Å². The Kier molecular flexibility index (Phi) is 3.52. The Morgan fingerprint density at radius 2 is 2.06 bits per heavy atom. The number of carbonyl (C=O) groups is 1. The van der Waals surface area contributed by atoms with Gasteiger partial charge in [0.2, 0.25) is 0 Å². The van der Waals surface area contributed by atoms with Crippen molar-refractivity contribution in [2.75, 3.05) is 11.1 Å². The first kappa shape index (κ1) is 12.4. The van der Waals surface area contributed by atoms with E-state index in [2.05, 4.69) is 31.4 Å². The van der Waals surface area contributed by atoms with E-state index in [9.17, 15) is 9.18 Å². The third-order valence-corrected chi connectivity index (χ3v) is 2.74. The van der Waals surface area contributed by atoms with Crippen LogP contribution < -0.4 is 11.1 Å². The van der Waals surface area contributed by atoms with Crippen molar-refractivity contribution in [2.45, 2.75) is 0 Å². The molecule has 0 spiro atoms. The van der Waals surface area contributed by atoms with Crippen LogP contribution in [-0.2, 0) is 0 Å². The van der Waals surface area contributed by atoms with E-state index in [1.165, 1.54) is 24.3 Å². The van der Waals surface area contributed by atoms with Crippen LogP contribution in [0.1, 0.15) is 10.5 Å². The first-order valence-corrected chi connectivity index (χ1v) is 5.71. The summed E-state index contributed by atoms with van der Waals surface area (Å²) in [4.78, 5) is 11.7. The van der Waals surface area contributed by atoms with Gasteiger partial charge in [0.15, 0.2) is 5.69 Å². The molecule has 0 aliphatic carbocycles. The average Bonchev–Trinajstić information content (AvgIpc) is 2.34. The summed E-state index contributed by atoms with van der Waals surface area (Å²) in [7, 11) is 0. The molecule has 1 aromatic heterocycles. The van der Waals surface area contributed by atoms with E-state index in [0.717, 1.165) is 0 Å². The molecule has 0 bridgehead atoms. The number of nitrogens with zero attached hydrogens (tertiary/aromatic N) is 2. The summed E-state index contributed by atoms with van der Waals surface area (Å²) in [6, 6.07) is 7.17. The molecule has 92 valence electrons. The number of nitrogens with one attached hydrogen (secondary N) is 1. The molecule has 0 saturated heterocycles. The fourth-order valence-corrected chi connectivity index (χ4v) is 1.48. The predicted octanol–water partition coefficient (Wildman–Crippen LogP) is 2.21. The smallest absolute Gasteiger partial charge is 0.276 e. The highest BCUT2D eigenvalue weighted by molar-refractivity contribution is 9.10. The second kappa shape index (κ2) is 5.09. The van der Waals surface area contributed by atoms with Crippen LogP contribution in [0.3, 0.4) is 0 Å². The van der Waals surface area contributed by atoms with Gasteiger partial charge in [0.25, 0.3) is 5.91 Å². The number of nitrogen functional groups attached to an aromatic ring is 1. The molecule has 0 saturated carbocycles. The molecule has 0 aliphatic rings. The Balaban J connectivity index is 2.16. The quantitative estimate of drug-likeness (QED) is 0.891. The van der Waals surface area contributed by atoms with Crippen molar-refractivity contribution >= 4 is 33.3 Å². The molecule has 3 N–H and O–H groups in total. The van der Waals surface area contributed by atoms with Gasteiger partial charge in [-0.05, 0) is 46.3 Å². The van der Waals surface area contributed by atoms with E-state index in [0.29, 0.717) is 10.2 Å². The van der Waals surface area contributed by atoms with Crippen LogP contribution in [0.2, 0.25) is 0 Å². The van der Waals surface area contributed by atoms with Gasteiger partial charge in [0, 0.05) is 5.69 Å². The Labute approximate surface area is 110 Å². The molecule has 0 aliphatic heterocycles. The summed E-state index contributed by atoms with van der Waals surface area (Å²) >= 11 is 3.02. The summed E-state index contributed by atoms with van der Waals surface area (Å²) in [5.74, 6) is -0.721. The van der Waals surface area contributed by atoms with Gasteiger partial charge >= 0.3 is 0 Å². The minimum absolute atomic E-state index is 0.104. The zero-order valence-electron chi connectivity index (χ0n) is 9.02. The molecule has 2 rings (SSSR count). The summed E-state index contributed by atoms with van der Waals surface area (Å²) in [6.07, 6.45) is 0. The molecule has 1 amide bonds. The first-order chi connectivity index (χ1) is 8.56. The third kappa shape index (κ3) is 2.80. The lowest BCUT2D eigenvalue weighted by molar-refractivity contribution is 0.102. The minimum Gasteiger partial charge on any atom is -0.382 e. The van der Waals surface area contributed by atoms with Crippen LogP contribution in [0.4, 0.5) is 15.9 Å². The summed E-state index contributed by atoms with van der Waals surface area (Å²) in [5.41, 5.74) is 5.79. The van der Waals surface area contributed by atoms with Crippen LogP contribution >= 0.6 is 15.9 Å². The monoisotopic (exact) mass is 310 g/mol. The Bertz CT molecular complexity index is 588. The van der Waals surface area contributed by atoms with E-state index in [-0.39, 0.29) is 11.5 Å². The van der Waals surface area contributed by atoms with Crippen molar-refractivity contribution in [3.63, 3.8) is 0 Å². The molecule has 18 heavy (non-hydrogen) atoms. The van der Waals surface area contributed by atoms with E-state index >= 15 is 0 Å². The van der Waals surface area contributed by atoms with Crippen LogP contribution in [0.15, 0.2) is 34.8 Å². The summed E-state index contributed by atoms with van der Waals surface area (Å²) < 4.78 is 13.6. The SMILES string of the molecule is Nc1ccc(C(=O)Nc2ccc(Br)c(F)c2)nn1. The van der Waals surface area contributed by atoms with E-state index in [4.69, 9.17) is 5.73 Å². The van der Waals surface area contributed by atoms with Gasteiger partial charge in [-0.25, -0.2) is 4.39 Å². The Hall–Kier alpha value is -2.02. The molecule has 0 radical (unpaired) electrons. The fraction of sp³-hybridized carbons (Fsp3) is 0. The standard InChI is InChI=1S/C11H8BrFN4O/c12-7-2-1-6(5-8(7)13)15-11(18)9-3-4-10(14)17-16-9/h1-5H,(H2,14,17)(H,15,18). The van der Waals surface area contributed by atoms with Crippen molar-refractivity contribution < 1.29 is 9.18 Å². The number of halogens is 2. The highest BCUT2D eigenvalue weighted by Gasteiger charge is 2.09. The van der Waals surface area contributed by atoms with Gasteiger partial charge in [-0.15, -0.1) is 10.2 Å². The lowest BCUT2D eigenvalue weighted by atomic mass is 10.3. The molecule has 1 heterocycles. The van der Waals surface area contributed by atoms with E-state index in [1.54, 1.807) is 6.07 Å². The first-order valence-electron chi connectivity index (χ1n) is 4.92. The molecule has 1 aromatic carbocycles. The summed E-state index contributed by atoms with van der Waals surface area (Å²) in [5, 5.41) is 9.69. The normalized spacial score (nSPS) is 10.1. The second-order valence-electron chi connectivity index (χ2n) is 3.43. The van der Waals surface area contributed by atoms with Crippen LogP contribution in [-0.4, -0.2) is 16.1 Å². The number of hydrogen-bond acceptors (Lipinski definition) is 4. The molecule has 2 aromatic rings. The molecule has 7 heteroatoms. The number of amides is 1. The van der Waals surface area contributed by atoms with Crippen molar-refractivity contribution in [1.29, 1.82) is 0 Å². The number of carbonyl (C=O) groups excluding carboxylic acids is 1. The number of hydrogen-bond donors (Lipinski definition) is 2. The average molecular weight is 311 g/mol. The maximum absolute atomic E-state index is 13.2. The molecule has 5 nitrogen and oxygen atoms in total. The zero-order chi connectivity index (χ0) is 13.1. The Morgan fingerprint density at radius 3 is 2.67 bits per heavy atom. The van der Waals surface area contributed by atoms with Gasteiger partial charge in [0.05, 0.1) is 4.47 Å². The summed E-state index contributed by atoms with van der Waals surface area (Å²) in [6.45, 7) is 0. The highest BCUT2D eigenvalue weighted by Crippen LogP contribution is 2.19. The number of anilines is 2. The predicted molar refractivity (Wildman–Crippen MR) is 68.5 cm³/mol. The number of nitrogens with two attached hydrogens (primary N) is 1. The largest absolute Gasteiger partial charge is 0.382 e. The van der Waals surface area contributed by atoms with Crippen molar-refractivity contribution in [3.8, 4) is 0 Å². The van der Waals surface area contributed by atoms with Crippen molar-refractivity contribution in [1.82, 2.24) is 10.2 Å². The number of benzene rings is 1. The lowest BCUT2D eigenvalue weighted by Crippen LogP contribution is -2.14.